The van der Waals surface area contributed by atoms with Gasteiger partial charge in [0.1, 0.15) is 11.5 Å². The number of carbonyl (C=O) groups excluding carboxylic acids is 2. The number of benzene rings is 2. The predicted molar refractivity (Wildman–Crippen MR) is 141 cm³/mol. The summed E-state index contributed by atoms with van der Waals surface area (Å²) in [5.74, 6) is -0.630. The maximum atomic E-state index is 13.1. The van der Waals surface area contributed by atoms with Gasteiger partial charge in [-0.15, -0.1) is 0 Å². The number of aliphatic hydroxyl groups excluding tert-OH is 1. The van der Waals surface area contributed by atoms with Crippen molar-refractivity contribution in [3.63, 3.8) is 0 Å². The van der Waals surface area contributed by atoms with Crippen LogP contribution in [0.15, 0.2) is 54.1 Å². The zero-order valence-corrected chi connectivity index (χ0v) is 21.4. The molecule has 1 fully saturated rings. The number of hydrogen-bond acceptors (Lipinski definition) is 5. The highest BCUT2D eigenvalue weighted by Gasteiger charge is 2.45. The van der Waals surface area contributed by atoms with Crippen LogP contribution in [0.2, 0.25) is 0 Å². The van der Waals surface area contributed by atoms with Crippen LogP contribution >= 0.6 is 0 Å². The molecule has 0 aliphatic carbocycles. The van der Waals surface area contributed by atoms with Crippen molar-refractivity contribution in [2.45, 2.75) is 58.4 Å². The van der Waals surface area contributed by atoms with Crippen molar-refractivity contribution in [1.29, 1.82) is 0 Å². The third-order valence-electron chi connectivity index (χ3n) is 6.41. The van der Waals surface area contributed by atoms with Crippen LogP contribution in [0, 0.1) is 0 Å². The fourth-order valence-corrected chi connectivity index (χ4v) is 4.35. The van der Waals surface area contributed by atoms with Gasteiger partial charge < -0.3 is 19.6 Å². The Morgan fingerprint density at radius 3 is 2.14 bits per heavy atom. The van der Waals surface area contributed by atoms with Crippen molar-refractivity contribution in [3.05, 3.63) is 65.2 Å². The highest BCUT2D eigenvalue weighted by molar-refractivity contribution is 6.46. The minimum Gasteiger partial charge on any atom is -0.507 e. The summed E-state index contributed by atoms with van der Waals surface area (Å²) >= 11 is 0. The Morgan fingerprint density at radius 2 is 1.54 bits per heavy atom. The Labute approximate surface area is 209 Å². The van der Waals surface area contributed by atoms with E-state index in [0.717, 1.165) is 49.8 Å². The summed E-state index contributed by atoms with van der Waals surface area (Å²) in [6, 6.07) is 14.2. The van der Waals surface area contributed by atoms with Crippen LogP contribution in [0.4, 0.5) is 5.69 Å². The Balaban J connectivity index is 1.95. The van der Waals surface area contributed by atoms with Crippen molar-refractivity contribution < 1.29 is 19.4 Å². The van der Waals surface area contributed by atoms with Gasteiger partial charge >= 0.3 is 0 Å². The van der Waals surface area contributed by atoms with Gasteiger partial charge in [-0.2, -0.15) is 0 Å². The van der Waals surface area contributed by atoms with Crippen molar-refractivity contribution in [2.24, 2.45) is 0 Å². The van der Waals surface area contributed by atoms with Crippen LogP contribution in [-0.2, 0) is 9.59 Å². The quantitative estimate of drug-likeness (QED) is 0.177. The number of aliphatic hydroxyl groups is 1. The first kappa shape index (κ1) is 26.3. The van der Waals surface area contributed by atoms with Gasteiger partial charge in [0.15, 0.2) is 0 Å². The van der Waals surface area contributed by atoms with E-state index in [1.807, 2.05) is 43.3 Å². The molecule has 1 heterocycles. The molecule has 1 saturated heterocycles. The van der Waals surface area contributed by atoms with Crippen molar-refractivity contribution >= 4 is 23.1 Å². The number of rotatable bonds is 12. The first-order valence-corrected chi connectivity index (χ1v) is 12.7. The molecule has 1 N–H and O–H groups in total. The number of ketones is 1. The SMILES string of the molecule is CCCCCOc1ccc(/C(O)=C2/C(=O)C(=O)N(CCCCC)C2c2ccc(N(C)C)cc2)cc1. The molecule has 0 spiro atoms. The monoisotopic (exact) mass is 478 g/mol. The second-order valence-corrected chi connectivity index (χ2v) is 9.27. The van der Waals surface area contributed by atoms with Crippen molar-refractivity contribution in [1.82, 2.24) is 4.90 Å². The molecular weight excluding hydrogens is 440 g/mol. The first-order chi connectivity index (χ1) is 16.9. The summed E-state index contributed by atoms with van der Waals surface area (Å²) in [7, 11) is 3.92. The number of likely N-dealkylation sites (tertiary alicyclic amines) is 1. The number of amides is 1. The maximum absolute atomic E-state index is 13.1. The second-order valence-electron chi connectivity index (χ2n) is 9.27. The lowest BCUT2D eigenvalue weighted by Gasteiger charge is -2.26. The van der Waals surface area contributed by atoms with Crippen LogP contribution < -0.4 is 9.64 Å². The third kappa shape index (κ3) is 6.24. The molecule has 1 amide bonds. The van der Waals surface area contributed by atoms with Gasteiger partial charge in [0.2, 0.25) is 0 Å². The van der Waals surface area contributed by atoms with Crippen LogP contribution in [0.5, 0.6) is 5.75 Å². The zero-order chi connectivity index (χ0) is 25.4. The number of unbranched alkanes of at least 4 members (excludes halogenated alkanes) is 4. The molecule has 6 heteroatoms. The Hall–Kier alpha value is -3.28. The lowest BCUT2D eigenvalue weighted by Crippen LogP contribution is -2.30. The van der Waals surface area contributed by atoms with E-state index < -0.39 is 17.7 Å². The lowest BCUT2D eigenvalue weighted by molar-refractivity contribution is -0.139. The summed E-state index contributed by atoms with van der Waals surface area (Å²) in [6.45, 7) is 5.36. The van der Waals surface area contributed by atoms with Gasteiger partial charge in [-0.05, 0) is 54.8 Å². The molecule has 6 nitrogen and oxygen atoms in total. The molecule has 3 rings (SSSR count). The summed E-state index contributed by atoms with van der Waals surface area (Å²) in [5.41, 5.74) is 2.46. The minimum absolute atomic E-state index is 0.140. The summed E-state index contributed by atoms with van der Waals surface area (Å²) in [6.07, 6.45) is 6.03. The van der Waals surface area contributed by atoms with Gasteiger partial charge in [0, 0.05) is 31.9 Å². The lowest BCUT2D eigenvalue weighted by atomic mass is 9.95. The van der Waals surface area contributed by atoms with Crippen LogP contribution in [0.25, 0.3) is 5.76 Å². The number of hydrogen-bond donors (Lipinski definition) is 1. The number of nitrogens with zero attached hydrogens (tertiary/aromatic N) is 2. The van der Waals surface area contributed by atoms with E-state index in [1.165, 1.54) is 0 Å². The fourth-order valence-electron chi connectivity index (χ4n) is 4.35. The Kier molecular flexibility index (Phi) is 9.35. The molecule has 35 heavy (non-hydrogen) atoms. The van der Waals surface area contributed by atoms with Gasteiger partial charge in [-0.1, -0.05) is 51.7 Å². The standard InChI is InChI=1S/C29H38N2O4/c1-5-7-9-19-31-26(21-11-15-23(16-12-21)30(3)4)25(28(33)29(31)34)27(32)22-13-17-24(18-14-22)35-20-10-8-6-2/h11-18,26,32H,5-10,19-20H2,1-4H3/b27-25-. The molecule has 1 aliphatic heterocycles. The minimum atomic E-state index is -0.638. The molecule has 0 radical (unpaired) electrons. The molecule has 0 bridgehead atoms. The van der Waals surface area contributed by atoms with Crippen LogP contribution in [0.3, 0.4) is 0 Å². The van der Waals surface area contributed by atoms with Crippen molar-refractivity contribution in [3.8, 4) is 5.75 Å². The van der Waals surface area contributed by atoms with E-state index in [4.69, 9.17) is 4.74 Å². The summed E-state index contributed by atoms with van der Waals surface area (Å²) in [4.78, 5) is 29.8. The van der Waals surface area contributed by atoms with E-state index in [-0.39, 0.29) is 11.3 Å². The highest BCUT2D eigenvalue weighted by atomic mass is 16.5. The number of ether oxygens (including phenoxy) is 1. The maximum Gasteiger partial charge on any atom is 0.295 e. The Bertz CT molecular complexity index is 1030. The molecule has 1 unspecified atom stereocenters. The molecule has 1 atom stereocenters. The molecule has 0 aromatic heterocycles. The van der Waals surface area contributed by atoms with Gasteiger partial charge in [0.25, 0.3) is 11.7 Å². The fraction of sp³-hybridized carbons (Fsp3) is 0.448. The van der Waals surface area contributed by atoms with Crippen LogP contribution in [-0.4, -0.2) is 48.9 Å². The van der Waals surface area contributed by atoms with Gasteiger partial charge in [-0.3, -0.25) is 9.59 Å². The van der Waals surface area contributed by atoms with Gasteiger partial charge in [0.05, 0.1) is 18.2 Å². The molecular formula is C29H38N2O4. The number of anilines is 1. The molecule has 0 saturated carbocycles. The average Bonchev–Trinajstić information content (AvgIpc) is 3.12. The Morgan fingerprint density at radius 1 is 0.914 bits per heavy atom. The molecule has 2 aromatic carbocycles. The summed E-state index contributed by atoms with van der Waals surface area (Å²) < 4.78 is 5.77. The number of Topliss-reactive ketones (excluding diaryl/α,β-unsaturated/α-hetero) is 1. The van der Waals surface area contributed by atoms with E-state index in [2.05, 4.69) is 13.8 Å². The average molecular weight is 479 g/mol. The smallest absolute Gasteiger partial charge is 0.295 e. The normalized spacial score (nSPS) is 17.1. The van der Waals surface area contributed by atoms with E-state index in [1.54, 1.807) is 29.2 Å². The predicted octanol–water partition coefficient (Wildman–Crippen LogP) is 5.93. The molecule has 188 valence electrons. The third-order valence-corrected chi connectivity index (χ3v) is 6.41. The van der Waals surface area contributed by atoms with Crippen molar-refractivity contribution in [2.75, 3.05) is 32.1 Å². The summed E-state index contributed by atoms with van der Waals surface area (Å²) in [5, 5.41) is 11.2. The molecule has 2 aromatic rings. The first-order valence-electron chi connectivity index (χ1n) is 12.7. The topological polar surface area (TPSA) is 70.1 Å². The zero-order valence-electron chi connectivity index (χ0n) is 21.4. The van der Waals surface area contributed by atoms with E-state index in [9.17, 15) is 14.7 Å². The number of carbonyl (C=O) groups is 2. The highest BCUT2D eigenvalue weighted by Crippen LogP contribution is 2.40. The van der Waals surface area contributed by atoms with E-state index in [0.29, 0.717) is 24.5 Å². The molecule has 1 aliphatic rings. The largest absolute Gasteiger partial charge is 0.507 e. The van der Waals surface area contributed by atoms with Gasteiger partial charge in [-0.25, -0.2) is 0 Å². The van der Waals surface area contributed by atoms with E-state index >= 15 is 0 Å². The second kappa shape index (κ2) is 12.4. The van der Waals surface area contributed by atoms with Crippen LogP contribution in [0.1, 0.15) is 69.5 Å².